The molecule has 4 rings (SSSR count). The average molecular weight is 611 g/mol. The number of sulfonamides is 1. The summed E-state index contributed by atoms with van der Waals surface area (Å²) >= 11 is 1.22. The summed E-state index contributed by atoms with van der Waals surface area (Å²) < 4.78 is 35.7. The van der Waals surface area contributed by atoms with Gasteiger partial charge in [0.05, 0.1) is 35.3 Å². The van der Waals surface area contributed by atoms with E-state index in [1.54, 1.807) is 28.8 Å². The van der Waals surface area contributed by atoms with Gasteiger partial charge >= 0.3 is 0 Å². The Morgan fingerprint density at radius 1 is 1.05 bits per heavy atom. The van der Waals surface area contributed by atoms with Crippen LogP contribution >= 0.6 is 11.8 Å². The Hall–Kier alpha value is -3.87. The largest absolute Gasteiger partial charge is 0.493 e. The van der Waals surface area contributed by atoms with Crippen LogP contribution in [-0.4, -0.2) is 43.3 Å². The molecule has 1 atom stereocenters. The maximum atomic E-state index is 13.9. The number of fused-ring (bicyclic) bond motifs is 1. The van der Waals surface area contributed by atoms with Crippen molar-refractivity contribution in [1.29, 1.82) is 0 Å². The number of carbonyl (C=O) groups is 1. The molecule has 42 heavy (non-hydrogen) atoms. The highest BCUT2D eigenvalue weighted by molar-refractivity contribution is 8.00. The van der Waals surface area contributed by atoms with Crippen LogP contribution in [0.4, 0.5) is 5.69 Å². The van der Waals surface area contributed by atoms with Crippen molar-refractivity contribution in [3.63, 3.8) is 0 Å². The maximum absolute atomic E-state index is 13.9. The van der Waals surface area contributed by atoms with Crippen LogP contribution in [0.5, 0.6) is 11.5 Å². The van der Waals surface area contributed by atoms with Gasteiger partial charge in [-0.15, -0.1) is 0 Å². The summed E-state index contributed by atoms with van der Waals surface area (Å²) in [5, 5.41) is 8.46. The molecule has 3 aromatic carbocycles. The topological polar surface area (TPSA) is 143 Å². The highest BCUT2D eigenvalue weighted by Crippen LogP contribution is 2.32. The second-order valence-corrected chi connectivity index (χ2v) is 12.3. The van der Waals surface area contributed by atoms with Gasteiger partial charge in [-0.05, 0) is 54.7 Å². The van der Waals surface area contributed by atoms with E-state index < -0.39 is 15.3 Å². The number of rotatable bonds is 12. The van der Waals surface area contributed by atoms with E-state index in [9.17, 15) is 18.0 Å². The van der Waals surface area contributed by atoms with Crippen molar-refractivity contribution in [2.45, 2.75) is 55.0 Å². The third-order valence-electron chi connectivity index (χ3n) is 6.87. The summed E-state index contributed by atoms with van der Waals surface area (Å²) in [5.74, 6) is 0.645. The molecule has 1 amide bonds. The third-order valence-corrected chi connectivity index (χ3v) is 9.15. The number of hydrogen-bond acceptors (Lipinski definition) is 8. The van der Waals surface area contributed by atoms with Crippen LogP contribution in [0.1, 0.15) is 31.4 Å². The van der Waals surface area contributed by atoms with E-state index in [4.69, 9.17) is 19.6 Å². The normalized spacial score (nSPS) is 12.2. The van der Waals surface area contributed by atoms with Gasteiger partial charge in [0.25, 0.3) is 5.56 Å². The average Bonchev–Trinajstić information content (AvgIpc) is 2.98. The second-order valence-electron chi connectivity index (χ2n) is 9.53. The number of primary sulfonamides is 1. The quantitative estimate of drug-likeness (QED) is 0.178. The molecule has 12 heteroatoms. The molecule has 0 aliphatic rings. The van der Waals surface area contributed by atoms with Crippen molar-refractivity contribution in [3.05, 3.63) is 82.1 Å². The summed E-state index contributed by atoms with van der Waals surface area (Å²) in [6.45, 7) is 4.18. The van der Waals surface area contributed by atoms with E-state index in [0.29, 0.717) is 40.4 Å². The molecule has 222 valence electrons. The summed E-state index contributed by atoms with van der Waals surface area (Å²) in [6.07, 6.45) is 1.68. The molecule has 0 radical (unpaired) electrons. The molecule has 0 unspecified atom stereocenters. The number of nitrogens with one attached hydrogen (secondary N) is 1. The van der Waals surface area contributed by atoms with Crippen molar-refractivity contribution in [3.8, 4) is 11.5 Å². The number of benzene rings is 3. The molecule has 0 saturated heterocycles. The van der Waals surface area contributed by atoms with Crippen LogP contribution < -0.4 is 25.5 Å². The fourth-order valence-corrected chi connectivity index (χ4v) is 6.07. The van der Waals surface area contributed by atoms with Gasteiger partial charge in [0.15, 0.2) is 16.7 Å². The molecule has 1 heterocycles. The van der Waals surface area contributed by atoms with Gasteiger partial charge in [0.2, 0.25) is 15.9 Å². The SMILES string of the molecule is CCc1ccccc1NC(=O)[C@H](CC)Sc1nc2cc(OC)c(OC)cc2c(=O)n1CCc1ccc(S(N)(=O)=O)cc1. The molecule has 0 fully saturated rings. The molecule has 4 aromatic rings. The van der Waals surface area contributed by atoms with E-state index in [1.807, 2.05) is 38.1 Å². The Balaban J connectivity index is 1.72. The highest BCUT2D eigenvalue weighted by atomic mass is 32.2. The number of nitrogens with two attached hydrogens (primary N) is 1. The van der Waals surface area contributed by atoms with Gasteiger partial charge in [-0.2, -0.15) is 0 Å². The van der Waals surface area contributed by atoms with E-state index in [0.717, 1.165) is 23.2 Å². The summed E-state index contributed by atoms with van der Waals surface area (Å²) in [4.78, 5) is 32.1. The van der Waals surface area contributed by atoms with E-state index in [2.05, 4.69) is 5.32 Å². The lowest BCUT2D eigenvalue weighted by atomic mass is 10.1. The molecule has 1 aromatic heterocycles. The number of aryl methyl sites for hydroxylation is 2. The monoisotopic (exact) mass is 610 g/mol. The van der Waals surface area contributed by atoms with Crippen molar-refractivity contribution < 1.29 is 22.7 Å². The van der Waals surface area contributed by atoms with E-state index >= 15 is 0 Å². The van der Waals surface area contributed by atoms with Crippen LogP contribution in [0.2, 0.25) is 0 Å². The summed E-state index contributed by atoms with van der Waals surface area (Å²) in [5.41, 5.74) is 2.71. The number of thioether (sulfide) groups is 1. The van der Waals surface area contributed by atoms with Crippen LogP contribution in [-0.2, 0) is 34.2 Å². The molecular weight excluding hydrogens is 576 g/mol. The lowest BCUT2D eigenvalue weighted by Crippen LogP contribution is -2.29. The predicted octanol–water partition coefficient (Wildman–Crippen LogP) is 4.38. The zero-order valence-electron chi connectivity index (χ0n) is 23.9. The van der Waals surface area contributed by atoms with Crippen LogP contribution in [0.25, 0.3) is 10.9 Å². The third kappa shape index (κ3) is 6.94. The predicted molar refractivity (Wildman–Crippen MR) is 165 cm³/mol. The smallest absolute Gasteiger partial charge is 0.262 e. The van der Waals surface area contributed by atoms with E-state index in [-0.39, 0.29) is 22.9 Å². The van der Waals surface area contributed by atoms with Gasteiger partial charge in [0, 0.05) is 18.3 Å². The molecule has 0 aliphatic heterocycles. The molecule has 0 saturated carbocycles. The van der Waals surface area contributed by atoms with Gasteiger partial charge in [-0.25, -0.2) is 18.5 Å². The van der Waals surface area contributed by atoms with Crippen molar-refractivity contribution >= 4 is 44.3 Å². The first-order valence-corrected chi connectivity index (χ1v) is 15.9. The Labute approximate surface area is 249 Å². The van der Waals surface area contributed by atoms with Crippen molar-refractivity contribution in [2.75, 3.05) is 19.5 Å². The number of ether oxygens (including phenoxy) is 2. The zero-order chi connectivity index (χ0) is 30.4. The molecular formula is C30H34N4O6S2. The first-order valence-electron chi connectivity index (χ1n) is 13.4. The number of para-hydroxylation sites is 1. The number of anilines is 1. The first kappa shape index (κ1) is 31.1. The van der Waals surface area contributed by atoms with Gasteiger partial charge in [0.1, 0.15) is 0 Å². The molecule has 10 nitrogen and oxygen atoms in total. The van der Waals surface area contributed by atoms with Crippen LogP contribution in [0.3, 0.4) is 0 Å². The highest BCUT2D eigenvalue weighted by Gasteiger charge is 2.23. The van der Waals surface area contributed by atoms with Gasteiger partial charge in [-0.1, -0.05) is 55.9 Å². The fourth-order valence-electron chi connectivity index (χ4n) is 4.51. The maximum Gasteiger partial charge on any atom is 0.262 e. The molecule has 0 bridgehead atoms. The Morgan fingerprint density at radius 2 is 1.71 bits per heavy atom. The lowest BCUT2D eigenvalue weighted by molar-refractivity contribution is -0.115. The van der Waals surface area contributed by atoms with Crippen molar-refractivity contribution in [2.24, 2.45) is 5.14 Å². The minimum atomic E-state index is -3.82. The fraction of sp³-hybridized carbons (Fsp3) is 0.300. The lowest BCUT2D eigenvalue weighted by Gasteiger charge is -2.19. The Bertz CT molecular complexity index is 1750. The number of amides is 1. The minimum absolute atomic E-state index is 0.00882. The number of aromatic nitrogens is 2. The zero-order valence-corrected chi connectivity index (χ0v) is 25.6. The van der Waals surface area contributed by atoms with Gasteiger partial charge < -0.3 is 14.8 Å². The van der Waals surface area contributed by atoms with Crippen molar-refractivity contribution in [1.82, 2.24) is 9.55 Å². The Kier molecular flexibility index (Phi) is 9.92. The minimum Gasteiger partial charge on any atom is -0.493 e. The summed E-state index contributed by atoms with van der Waals surface area (Å²) in [7, 11) is -0.818. The standard InChI is InChI=1S/C30H34N4O6S2/c1-5-20-9-7-8-10-23(20)32-28(35)27(6-2)41-30-33-24-18-26(40-4)25(39-3)17-22(24)29(36)34(30)16-15-19-11-13-21(14-12-19)42(31,37)38/h7-14,17-18,27H,5-6,15-16H2,1-4H3,(H,32,35)(H2,31,37,38)/t27-/m0/s1. The summed E-state index contributed by atoms with van der Waals surface area (Å²) in [6, 6.07) is 17.1. The van der Waals surface area contributed by atoms with Crippen LogP contribution in [0.15, 0.2) is 75.5 Å². The molecule has 0 spiro atoms. The number of nitrogens with zero attached hydrogens (tertiary/aromatic N) is 2. The van der Waals surface area contributed by atoms with Gasteiger partial charge in [-0.3, -0.25) is 14.2 Å². The second kappa shape index (κ2) is 13.4. The molecule has 0 aliphatic carbocycles. The molecule has 3 N–H and O–H groups in total. The number of carbonyl (C=O) groups excluding carboxylic acids is 1. The van der Waals surface area contributed by atoms with Crippen LogP contribution in [0, 0.1) is 0 Å². The van der Waals surface area contributed by atoms with E-state index in [1.165, 1.54) is 38.1 Å². The Morgan fingerprint density at radius 3 is 2.33 bits per heavy atom. The number of methoxy groups -OCH3 is 2. The number of hydrogen-bond donors (Lipinski definition) is 2. The first-order chi connectivity index (χ1) is 20.1.